The predicted molar refractivity (Wildman–Crippen MR) is 67.4 cm³/mol. The number of rotatable bonds is 6. The lowest BCUT2D eigenvalue weighted by Gasteiger charge is -2.21. The molecule has 1 atom stereocenters. The van der Waals surface area contributed by atoms with Crippen LogP contribution in [0.3, 0.4) is 0 Å². The summed E-state index contributed by atoms with van der Waals surface area (Å²) in [4.78, 5) is 10.7. The van der Waals surface area contributed by atoms with E-state index in [4.69, 9.17) is 5.26 Å². The molecule has 1 heterocycles. The maximum atomic E-state index is 8.63. The van der Waals surface area contributed by atoms with Crippen LogP contribution in [0.25, 0.3) is 0 Å². The van der Waals surface area contributed by atoms with Crippen LogP contribution in [-0.4, -0.2) is 34.5 Å². The van der Waals surface area contributed by atoms with E-state index in [1.807, 2.05) is 20.9 Å². The Labute approximate surface area is 102 Å². The van der Waals surface area contributed by atoms with Crippen molar-refractivity contribution in [2.75, 3.05) is 18.9 Å². The molecule has 0 aliphatic heterocycles. The summed E-state index contributed by atoms with van der Waals surface area (Å²) in [5.74, 6) is 0.795. The predicted octanol–water partition coefficient (Wildman–Crippen LogP) is 1.64. The van der Waals surface area contributed by atoms with E-state index in [9.17, 15) is 0 Å². The molecular formula is C12H19N5. The van der Waals surface area contributed by atoms with Gasteiger partial charge in [0, 0.05) is 19.1 Å². The van der Waals surface area contributed by atoms with Crippen molar-refractivity contribution >= 4 is 5.82 Å². The van der Waals surface area contributed by atoms with Crippen molar-refractivity contribution in [3.05, 3.63) is 18.1 Å². The minimum atomic E-state index is 0.232. The molecule has 5 nitrogen and oxygen atoms in total. The Balaban J connectivity index is 2.54. The molecule has 1 aromatic heterocycles. The Morgan fingerprint density at radius 2 is 2.24 bits per heavy atom. The fourth-order valence-corrected chi connectivity index (χ4v) is 1.41. The first-order valence-electron chi connectivity index (χ1n) is 5.79. The van der Waals surface area contributed by atoms with Gasteiger partial charge in [-0.3, -0.25) is 9.88 Å². The third kappa shape index (κ3) is 4.37. The standard InChI is InChI=1S/C12H19N5/c1-4-14-12-8-15-11(7-16-12)9-17(3)10(2)5-6-13/h7-8,10H,4-5,9H2,1-3H3,(H,14,16). The van der Waals surface area contributed by atoms with Gasteiger partial charge in [0.2, 0.25) is 0 Å². The van der Waals surface area contributed by atoms with Crippen molar-refractivity contribution in [1.82, 2.24) is 14.9 Å². The first-order chi connectivity index (χ1) is 8.17. The van der Waals surface area contributed by atoms with Gasteiger partial charge < -0.3 is 5.32 Å². The van der Waals surface area contributed by atoms with Crippen molar-refractivity contribution in [3.63, 3.8) is 0 Å². The van der Waals surface area contributed by atoms with Gasteiger partial charge in [-0.1, -0.05) is 0 Å². The van der Waals surface area contributed by atoms with Crippen LogP contribution in [-0.2, 0) is 6.54 Å². The second-order valence-corrected chi connectivity index (χ2v) is 4.05. The molecule has 0 spiro atoms. The average Bonchev–Trinajstić information content (AvgIpc) is 2.32. The minimum absolute atomic E-state index is 0.232. The monoisotopic (exact) mass is 233 g/mol. The summed E-state index contributed by atoms with van der Waals surface area (Å²) in [7, 11) is 1.99. The summed E-state index contributed by atoms with van der Waals surface area (Å²) in [6, 6.07) is 2.40. The number of hydrogen-bond acceptors (Lipinski definition) is 5. The van der Waals surface area contributed by atoms with Crippen molar-refractivity contribution in [1.29, 1.82) is 5.26 Å². The molecule has 1 N–H and O–H groups in total. The highest BCUT2D eigenvalue weighted by atomic mass is 15.1. The van der Waals surface area contributed by atoms with Gasteiger partial charge in [0.15, 0.2) is 0 Å². The maximum absolute atomic E-state index is 8.63. The molecule has 0 aliphatic carbocycles. The van der Waals surface area contributed by atoms with Gasteiger partial charge in [0.05, 0.1) is 30.6 Å². The molecule has 0 bridgehead atoms. The first-order valence-corrected chi connectivity index (χ1v) is 5.79. The van der Waals surface area contributed by atoms with Gasteiger partial charge in [-0.25, -0.2) is 4.98 Å². The molecule has 92 valence electrons. The molecule has 0 amide bonds. The molecule has 1 rings (SSSR count). The topological polar surface area (TPSA) is 64.8 Å². The highest BCUT2D eigenvalue weighted by molar-refractivity contribution is 5.30. The Morgan fingerprint density at radius 3 is 2.76 bits per heavy atom. The van der Waals surface area contributed by atoms with E-state index in [0.29, 0.717) is 13.0 Å². The lowest BCUT2D eigenvalue weighted by atomic mass is 10.2. The van der Waals surface area contributed by atoms with Crippen molar-refractivity contribution in [2.24, 2.45) is 0 Å². The third-order valence-electron chi connectivity index (χ3n) is 2.61. The number of nitrogens with zero attached hydrogens (tertiary/aromatic N) is 4. The van der Waals surface area contributed by atoms with Crippen LogP contribution >= 0.6 is 0 Å². The molecule has 0 fully saturated rings. The van der Waals surface area contributed by atoms with Gasteiger partial charge in [0.25, 0.3) is 0 Å². The summed E-state index contributed by atoms with van der Waals surface area (Å²) in [6.07, 6.45) is 4.04. The summed E-state index contributed by atoms with van der Waals surface area (Å²) in [6.45, 7) is 5.60. The van der Waals surface area contributed by atoms with E-state index >= 15 is 0 Å². The molecule has 1 unspecified atom stereocenters. The van der Waals surface area contributed by atoms with Gasteiger partial charge >= 0.3 is 0 Å². The highest BCUT2D eigenvalue weighted by Gasteiger charge is 2.09. The molecule has 0 radical (unpaired) electrons. The van der Waals surface area contributed by atoms with Gasteiger partial charge in [-0.05, 0) is 20.9 Å². The van der Waals surface area contributed by atoms with Gasteiger partial charge in [-0.2, -0.15) is 5.26 Å². The molecule has 17 heavy (non-hydrogen) atoms. The van der Waals surface area contributed by atoms with Crippen molar-refractivity contribution < 1.29 is 0 Å². The summed E-state index contributed by atoms with van der Waals surface area (Å²) in [5.41, 5.74) is 0.916. The SMILES string of the molecule is CCNc1cnc(CN(C)C(C)CC#N)cn1. The molecule has 0 saturated heterocycles. The second-order valence-electron chi connectivity index (χ2n) is 4.05. The van der Waals surface area contributed by atoms with E-state index in [-0.39, 0.29) is 6.04 Å². The van der Waals surface area contributed by atoms with E-state index in [2.05, 4.69) is 26.3 Å². The number of aromatic nitrogens is 2. The minimum Gasteiger partial charge on any atom is -0.369 e. The van der Waals surface area contributed by atoms with Crippen LogP contribution in [0.2, 0.25) is 0 Å². The molecule has 0 aromatic carbocycles. The normalized spacial score (nSPS) is 12.2. The zero-order chi connectivity index (χ0) is 12.7. The summed E-state index contributed by atoms with van der Waals surface area (Å²) in [5, 5.41) is 11.7. The molecular weight excluding hydrogens is 214 g/mol. The van der Waals surface area contributed by atoms with Crippen LogP contribution < -0.4 is 5.32 Å². The van der Waals surface area contributed by atoms with Crippen LogP contribution in [0, 0.1) is 11.3 Å². The van der Waals surface area contributed by atoms with Crippen LogP contribution in [0.15, 0.2) is 12.4 Å². The quantitative estimate of drug-likeness (QED) is 0.809. The zero-order valence-corrected chi connectivity index (χ0v) is 10.6. The van der Waals surface area contributed by atoms with E-state index in [1.54, 1.807) is 12.4 Å². The van der Waals surface area contributed by atoms with Crippen LogP contribution in [0.4, 0.5) is 5.82 Å². The fourth-order valence-electron chi connectivity index (χ4n) is 1.41. The second kappa shape index (κ2) is 6.81. The van der Waals surface area contributed by atoms with Crippen molar-refractivity contribution in [2.45, 2.75) is 32.9 Å². The van der Waals surface area contributed by atoms with Crippen LogP contribution in [0.1, 0.15) is 26.0 Å². The molecule has 5 heteroatoms. The van der Waals surface area contributed by atoms with E-state index < -0.39 is 0 Å². The number of hydrogen-bond donors (Lipinski definition) is 1. The lowest BCUT2D eigenvalue weighted by Crippen LogP contribution is -2.28. The smallest absolute Gasteiger partial charge is 0.144 e. The van der Waals surface area contributed by atoms with E-state index in [0.717, 1.165) is 18.1 Å². The maximum Gasteiger partial charge on any atom is 0.144 e. The molecule has 1 aromatic rings. The average molecular weight is 233 g/mol. The largest absolute Gasteiger partial charge is 0.369 e. The third-order valence-corrected chi connectivity index (χ3v) is 2.61. The van der Waals surface area contributed by atoms with Crippen LogP contribution in [0.5, 0.6) is 0 Å². The zero-order valence-electron chi connectivity index (χ0n) is 10.6. The van der Waals surface area contributed by atoms with E-state index in [1.165, 1.54) is 0 Å². The highest BCUT2D eigenvalue weighted by Crippen LogP contribution is 2.07. The van der Waals surface area contributed by atoms with Gasteiger partial charge in [0.1, 0.15) is 5.82 Å². The number of anilines is 1. The van der Waals surface area contributed by atoms with Gasteiger partial charge in [-0.15, -0.1) is 0 Å². The molecule has 0 aliphatic rings. The Kier molecular flexibility index (Phi) is 5.37. The first kappa shape index (κ1) is 13.4. The lowest BCUT2D eigenvalue weighted by molar-refractivity contribution is 0.249. The number of nitriles is 1. The Morgan fingerprint density at radius 1 is 1.47 bits per heavy atom. The Bertz CT molecular complexity index is 367. The fraction of sp³-hybridized carbons (Fsp3) is 0.583. The Hall–Kier alpha value is -1.67. The summed E-state index contributed by atoms with van der Waals surface area (Å²) >= 11 is 0. The summed E-state index contributed by atoms with van der Waals surface area (Å²) < 4.78 is 0. The van der Waals surface area contributed by atoms with Crippen molar-refractivity contribution in [3.8, 4) is 6.07 Å². The number of nitrogens with one attached hydrogen (secondary N) is 1. The molecule has 0 saturated carbocycles.